The van der Waals surface area contributed by atoms with Crippen molar-refractivity contribution in [3.63, 3.8) is 0 Å². The summed E-state index contributed by atoms with van der Waals surface area (Å²) in [4.78, 5) is 46.9. The minimum Gasteiger partial charge on any atom is -0.394 e. The molecule has 34 heavy (non-hydrogen) atoms. The van der Waals surface area contributed by atoms with Gasteiger partial charge in [0, 0.05) is 26.2 Å². The lowest BCUT2D eigenvalue weighted by Gasteiger charge is -2.39. The highest BCUT2D eigenvalue weighted by Crippen LogP contribution is 2.57. The summed E-state index contributed by atoms with van der Waals surface area (Å²) < 4.78 is 6.75. The van der Waals surface area contributed by atoms with E-state index < -0.39 is 35.1 Å². The van der Waals surface area contributed by atoms with Gasteiger partial charge in [-0.3, -0.25) is 14.4 Å². The summed E-state index contributed by atoms with van der Waals surface area (Å²) in [6, 6.07) is -1.47. The average molecular weight is 474 g/mol. The van der Waals surface area contributed by atoms with E-state index in [1.54, 1.807) is 16.7 Å². The molecule has 0 bridgehead atoms. The number of amides is 3. The van der Waals surface area contributed by atoms with Crippen molar-refractivity contribution >= 4 is 17.7 Å². The fraction of sp³-hybridized carbons (Fsp3) is 0.731. The summed E-state index contributed by atoms with van der Waals surface area (Å²) in [7, 11) is 0. The van der Waals surface area contributed by atoms with Crippen LogP contribution in [0.3, 0.4) is 0 Å². The number of likely N-dealkylation sites (tertiary alicyclic amines) is 1. The number of carbonyl (C=O) groups is 3. The smallest absolute Gasteiger partial charge is 0.249 e. The maximum Gasteiger partial charge on any atom is 0.249 e. The first-order valence-electron chi connectivity index (χ1n) is 12.8. The summed E-state index contributed by atoms with van der Waals surface area (Å²) in [6.45, 7) is 9.61. The first kappa shape index (κ1) is 24.9. The molecule has 1 N–H and O–H groups in total. The maximum absolute atomic E-state index is 14.0. The van der Waals surface area contributed by atoms with Crippen LogP contribution >= 0.6 is 0 Å². The quantitative estimate of drug-likeness (QED) is 0.428. The minimum atomic E-state index is -1.24. The molecular weight excluding hydrogens is 434 g/mol. The minimum absolute atomic E-state index is 0.105. The van der Waals surface area contributed by atoms with Crippen molar-refractivity contribution in [1.82, 2.24) is 14.7 Å². The lowest BCUT2D eigenvalue weighted by atomic mass is 9.74. The van der Waals surface area contributed by atoms with Gasteiger partial charge in [0.15, 0.2) is 0 Å². The van der Waals surface area contributed by atoms with E-state index in [4.69, 9.17) is 4.74 Å². The molecule has 4 aliphatic heterocycles. The van der Waals surface area contributed by atoms with Gasteiger partial charge in [-0.1, -0.05) is 51.0 Å². The second-order valence-corrected chi connectivity index (χ2v) is 10.4. The van der Waals surface area contributed by atoms with E-state index in [0.29, 0.717) is 26.2 Å². The van der Waals surface area contributed by atoms with Crippen LogP contribution in [0.5, 0.6) is 0 Å². The van der Waals surface area contributed by atoms with E-state index in [2.05, 4.69) is 6.92 Å². The van der Waals surface area contributed by atoms with Gasteiger partial charge >= 0.3 is 0 Å². The van der Waals surface area contributed by atoms with Gasteiger partial charge in [-0.15, -0.1) is 0 Å². The van der Waals surface area contributed by atoms with Crippen LogP contribution < -0.4 is 0 Å². The zero-order valence-electron chi connectivity index (χ0n) is 20.9. The van der Waals surface area contributed by atoms with Crippen LogP contribution in [-0.4, -0.2) is 93.6 Å². The molecule has 3 amide bonds. The highest BCUT2D eigenvalue weighted by atomic mass is 16.5. The van der Waals surface area contributed by atoms with E-state index in [1.807, 2.05) is 38.2 Å². The Bertz CT molecular complexity index is 888. The number of nitrogens with zero attached hydrogens (tertiary/aromatic N) is 3. The third-order valence-electron chi connectivity index (χ3n) is 7.93. The molecule has 8 nitrogen and oxygen atoms in total. The molecule has 4 heterocycles. The number of aliphatic hydroxyl groups excluding tert-OH is 1. The van der Waals surface area contributed by atoms with Crippen molar-refractivity contribution in [1.29, 1.82) is 0 Å². The van der Waals surface area contributed by atoms with Crippen LogP contribution in [0.2, 0.25) is 0 Å². The lowest BCUT2D eigenvalue weighted by molar-refractivity contribution is -0.155. The molecule has 2 fully saturated rings. The molecule has 8 heteroatoms. The number of rotatable bonds is 8. The van der Waals surface area contributed by atoms with E-state index in [-0.39, 0.29) is 24.3 Å². The first-order valence-corrected chi connectivity index (χ1v) is 12.8. The molecule has 0 aliphatic carbocycles. The Morgan fingerprint density at radius 2 is 1.65 bits per heavy atom. The molecule has 0 saturated carbocycles. The fourth-order valence-corrected chi connectivity index (χ4v) is 6.35. The normalized spacial score (nSPS) is 35.9. The Kier molecular flexibility index (Phi) is 6.93. The summed E-state index contributed by atoms with van der Waals surface area (Å²) in [6.07, 6.45) is 11.4. The van der Waals surface area contributed by atoms with E-state index >= 15 is 0 Å². The van der Waals surface area contributed by atoms with Gasteiger partial charge in [0.25, 0.3) is 0 Å². The van der Waals surface area contributed by atoms with Crippen molar-refractivity contribution in [2.75, 3.05) is 32.8 Å². The number of ether oxygens (including phenoxy) is 1. The van der Waals surface area contributed by atoms with Gasteiger partial charge < -0.3 is 24.5 Å². The highest BCUT2D eigenvalue weighted by molar-refractivity contribution is 6.00. The molecule has 0 radical (unpaired) electrons. The maximum atomic E-state index is 14.0. The van der Waals surface area contributed by atoms with Crippen LogP contribution in [0.1, 0.15) is 53.4 Å². The standard InChI is InChI=1S/C26H39N3O5/c1-5-7-8-14-28-16-10-12-26-20(23(32)29(18(3)17-30)21(26)24(28)33)19-22(31)27(13-6-2)15-9-11-25(19,4)34-26/h9-12,18-21,30H,5-8,13-17H2,1-4H3/t18-,19+,20+,21?,25-,26+/m1/s1. The van der Waals surface area contributed by atoms with Gasteiger partial charge in [0.05, 0.1) is 30.1 Å². The van der Waals surface area contributed by atoms with Crippen molar-refractivity contribution < 1.29 is 24.2 Å². The number of unbranched alkanes of at least 4 members (excludes halogenated alkanes) is 2. The van der Waals surface area contributed by atoms with Crippen molar-refractivity contribution in [3.05, 3.63) is 24.3 Å². The van der Waals surface area contributed by atoms with Crippen molar-refractivity contribution in [2.45, 2.75) is 76.7 Å². The topological polar surface area (TPSA) is 90.4 Å². The van der Waals surface area contributed by atoms with Gasteiger partial charge in [0.2, 0.25) is 17.7 Å². The van der Waals surface area contributed by atoms with Crippen LogP contribution in [0, 0.1) is 11.8 Å². The molecule has 188 valence electrons. The Morgan fingerprint density at radius 1 is 0.971 bits per heavy atom. The molecule has 4 aliphatic rings. The second-order valence-electron chi connectivity index (χ2n) is 10.4. The summed E-state index contributed by atoms with van der Waals surface area (Å²) in [5.41, 5.74) is -2.24. The van der Waals surface area contributed by atoms with Crippen LogP contribution in [0.25, 0.3) is 0 Å². The fourth-order valence-electron chi connectivity index (χ4n) is 6.35. The number of hydrogen-bond donors (Lipinski definition) is 1. The lowest BCUT2D eigenvalue weighted by Crippen LogP contribution is -2.58. The molecule has 4 rings (SSSR count). The largest absolute Gasteiger partial charge is 0.394 e. The van der Waals surface area contributed by atoms with E-state index in [0.717, 1.165) is 25.7 Å². The highest BCUT2D eigenvalue weighted by Gasteiger charge is 2.75. The molecule has 0 aromatic rings. The van der Waals surface area contributed by atoms with E-state index in [9.17, 15) is 19.5 Å². The molecule has 1 spiro atoms. The monoisotopic (exact) mass is 473 g/mol. The number of fused-ring (bicyclic) bond motifs is 2. The zero-order valence-corrected chi connectivity index (χ0v) is 20.9. The summed E-state index contributed by atoms with van der Waals surface area (Å²) in [5.74, 6) is -2.10. The molecular formula is C26H39N3O5. The molecule has 6 atom stereocenters. The summed E-state index contributed by atoms with van der Waals surface area (Å²) in [5, 5.41) is 9.99. The van der Waals surface area contributed by atoms with Crippen LogP contribution in [0.15, 0.2) is 24.3 Å². The number of carbonyl (C=O) groups excluding carboxylic acids is 3. The van der Waals surface area contributed by atoms with Gasteiger partial charge in [0.1, 0.15) is 11.6 Å². The molecule has 2 saturated heterocycles. The third kappa shape index (κ3) is 3.70. The van der Waals surface area contributed by atoms with Crippen LogP contribution in [0.4, 0.5) is 0 Å². The molecule has 1 unspecified atom stereocenters. The van der Waals surface area contributed by atoms with Crippen LogP contribution in [-0.2, 0) is 19.1 Å². The predicted octanol–water partition coefficient (Wildman–Crippen LogP) is 1.74. The van der Waals surface area contributed by atoms with E-state index in [1.165, 1.54) is 4.90 Å². The number of aliphatic hydroxyl groups is 1. The Labute approximate surface area is 202 Å². The second kappa shape index (κ2) is 9.46. The average Bonchev–Trinajstić information content (AvgIpc) is 3.09. The SMILES string of the molecule is CCCCCN1CC=C[C@]23O[C@]4(C)C=CCN(CCC)C(=O)[C@@H]4[C@H]2C(=O)N([C@H](C)CO)C3C1=O. The van der Waals surface area contributed by atoms with Gasteiger partial charge in [-0.05, 0) is 26.7 Å². The summed E-state index contributed by atoms with van der Waals surface area (Å²) >= 11 is 0. The Morgan fingerprint density at radius 3 is 2.29 bits per heavy atom. The first-order chi connectivity index (χ1) is 16.3. The van der Waals surface area contributed by atoms with Gasteiger partial charge in [-0.2, -0.15) is 0 Å². The zero-order chi connectivity index (χ0) is 24.7. The molecule has 0 aromatic heterocycles. The number of hydrogen-bond acceptors (Lipinski definition) is 5. The van der Waals surface area contributed by atoms with Gasteiger partial charge in [-0.25, -0.2) is 0 Å². The Hall–Kier alpha value is -2.19. The third-order valence-corrected chi connectivity index (χ3v) is 7.93. The molecule has 0 aromatic carbocycles. The Balaban J connectivity index is 1.81. The predicted molar refractivity (Wildman–Crippen MR) is 128 cm³/mol. The van der Waals surface area contributed by atoms with Crippen molar-refractivity contribution in [3.8, 4) is 0 Å². The van der Waals surface area contributed by atoms with Crippen molar-refractivity contribution in [2.24, 2.45) is 11.8 Å².